The number of rotatable bonds is 3. The smallest absolute Gasteiger partial charge is 0.347 e. The Morgan fingerprint density at radius 3 is 3.05 bits per heavy atom. The summed E-state index contributed by atoms with van der Waals surface area (Å²) in [7, 11) is 1.61. The fraction of sp³-hybridized carbons (Fsp3) is 0.286. The zero-order chi connectivity index (χ0) is 13.9. The third-order valence-electron chi connectivity index (χ3n) is 3.33. The number of nitrogens with one attached hydrogen (secondary N) is 3. The zero-order valence-electron chi connectivity index (χ0n) is 11.2. The number of nitrogens with zero attached hydrogens (tertiary/aromatic N) is 1. The van der Waals surface area contributed by atoms with Crippen LogP contribution in [0.25, 0.3) is 0 Å². The second kappa shape index (κ2) is 5.34. The largest absolute Gasteiger partial charge is 0.495 e. The van der Waals surface area contributed by atoms with Crippen LogP contribution in [0, 0.1) is 0 Å². The molecule has 6 nitrogen and oxygen atoms in total. The highest BCUT2D eigenvalue weighted by atomic mass is 16.5. The van der Waals surface area contributed by atoms with Gasteiger partial charge in [-0.05, 0) is 12.1 Å². The molecule has 3 rings (SSSR count). The molecular weight excluding hydrogens is 256 g/mol. The molecule has 0 radical (unpaired) electrons. The first-order valence-electron chi connectivity index (χ1n) is 6.51. The van der Waals surface area contributed by atoms with Crippen LogP contribution in [0.3, 0.4) is 0 Å². The van der Waals surface area contributed by atoms with Crippen LogP contribution in [0.4, 0.5) is 11.5 Å². The highest BCUT2D eigenvalue weighted by Gasteiger charge is 2.16. The SMILES string of the molecule is COc1ccccc1Nc1nc(=O)[nH]c2c1CNCC2. The summed E-state index contributed by atoms with van der Waals surface area (Å²) >= 11 is 0. The maximum atomic E-state index is 11.6. The molecule has 1 aliphatic rings. The van der Waals surface area contributed by atoms with Crippen LogP contribution in [0.15, 0.2) is 29.1 Å². The van der Waals surface area contributed by atoms with Crippen molar-refractivity contribution in [3.05, 3.63) is 46.0 Å². The molecule has 0 unspecified atom stereocenters. The molecule has 6 heteroatoms. The Morgan fingerprint density at radius 2 is 2.20 bits per heavy atom. The first kappa shape index (κ1) is 12.7. The molecule has 20 heavy (non-hydrogen) atoms. The van der Waals surface area contributed by atoms with Gasteiger partial charge >= 0.3 is 5.69 Å². The van der Waals surface area contributed by atoms with Gasteiger partial charge in [0.05, 0.1) is 12.8 Å². The van der Waals surface area contributed by atoms with Crippen LogP contribution in [0.1, 0.15) is 11.3 Å². The van der Waals surface area contributed by atoms with Gasteiger partial charge in [0, 0.05) is 30.8 Å². The normalized spacial score (nSPS) is 13.7. The van der Waals surface area contributed by atoms with E-state index in [1.807, 2.05) is 24.3 Å². The van der Waals surface area contributed by atoms with Crippen molar-refractivity contribution >= 4 is 11.5 Å². The number of methoxy groups -OCH3 is 1. The Hall–Kier alpha value is -2.34. The summed E-state index contributed by atoms with van der Waals surface area (Å²) in [5.74, 6) is 1.30. The molecule has 0 aliphatic carbocycles. The molecule has 0 saturated carbocycles. The molecule has 2 aromatic rings. The molecule has 104 valence electrons. The average molecular weight is 272 g/mol. The van der Waals surface area contributed by atoms with Crippen LogP contribution in [-0.2, 0) is 13.0 Å². The van der Waals surface area contributed by atoms with Crippen molar-refractivity contribution in [1.29, 1.82) is 0 Å². The third kappa shape index (κ3) is 2.37. The summed E-state index contributed by atoms with van der Waals surface area (Å²) in [5.41, 5.74) is 2.41. The summed E-state index contributed by atoms with van der Waals surface area (Å²) in [6, 6.07) is 7.56. The van der Waals surface area contributed by atoms with Gasteiger partial charge in [-0.1, -0.05) is 12.1 Å². The van der Waals surface area contributed by atoms with Gasteiger partial charge in [-0.15, -0.1) is 0 Å². The van der Waals surface area contributed by atoms with E-state index in [0.29, 0.717) is 18.1 Å². The lowest BCUT2D eigenvalue weighted by Gasteiger charge is -2.20. The van der Waals surface area contributed by atoms with Crippen LogP contribution < -0.4 is 21.1 Å². The third-order valence-corrected chi connectivity index (χ3v) is 3.33. The molecule has 1 aromatic carbocycles. The molecule has 0 bridgehead atoms. The van der Waals surface area contributed by atoms with Crippen molar-refractivity contribution < 1.29 is 4.74 Å². The first-order valence-corrected chi connectivity index (χ1v) is 6.51. The van der Waals surface area contributed by atoms with E-state index in [9.17, 15) is 4.79 Å². The predicted molar refractivity (Wildman–Crippen MR) is 76.5 cm³/mol. The first-order chi connectivity index (χ1) is 9.78. The topological polar surface area (TPSA) is 79.0 Å². The maximum Gasteiger partial charge on any atom is 0.347 e. The zero-order valence-corrected chi connectivity index (χ0v) is 11.2. The molecule has 2 heterocycles. The van der Waals surface area contributed by atoms with E-state index >= 15 is 0 Å². The number of hydrogen-bond acceptors (Lipinski definition) is 5. The minimum atomic E-state index is -0.331. The van der Waals surface area contributed by atoms with Crippen LogP contribution in [-0.4, -0.2) is 23.6 Å². The highest BCUT2D eigenvalue weighted by molar-refractivity contribution is 5.66. The molecule has 0 fully saturated rings. The van der Waals surface area contributed by atoms with Gasteiger partial charge < -0.3 is 20.4 Å². The molecule has 0 atom stereocenters. The minimum Gasteiger partial charge on any atom is -0.495 e. The van der Waals surface area contributed by atoms with E-state index in [0.717, 1.165) is 29.9 Å². The van der Waals surface area contributed by atoms with Crippen molar-refractivity contribution in [2.24, 2.45) is 0 Å². The van der Waals surface area contributed by atoms with E-state index in [-0.39, 0.29) is 5.69 Å². The van der Waals surface area contributed by atoms with E-state index in [1.54, 1.807) is 7.11 Å². The molecule has 0 saturated heterocycles. The van der Waals surface area contributed by atoms with E-state index in [4.69, 9.17) is 4.74 Å². The van der Waals surface area contributed by atoms with Crippen molar-refractivity contribution in [1.82, 2.24) is 15.3 Å². The van der Waals surface area contributed by atoms with Crippen LogP contribution >= 0.6 is 0 Å². The van der Waals surface area contributed by atoms with Crippen molar-refractivity contribution in [3.63, 3.8) is 0 Å². The second-order valence-corrected chi connectivity index (χ2v) is 4.60. The monoisotopic (exact) mass is 272 g/mol. The number of anilines is 2. The van der Waals surface area contributed by atoms with Crippen molar-refractivity contribution in [3.8, 4) is 5.75 Å². The van der Waals surface area contributed by atoms with E-state index in [1.165, 1.54) is 0 Å². The van der Waals surface area contributed by atoms with Crippen molar-refractivity contribution in [2.45, 2.75) is 13.0 Å². The Balaban J connectivity index is 2.02. The van der Waals surface area contributed by atoms with Gasteiger partial charge in [0.2, 0.25) is 0 Å². The quantitative estimate of drug-likeness (QED) is 0.781. The van der Waals surface area contributed by atoms with Gasteiger partial charge in [-0.25, -0.2) is 4.79 Å². The summed E-state index contributed by atoms with van der Waals surface area (Å²) in [5, 5.41) is 6.48. The van der Waals surface area contributed by atoms with Crippen LogP contribution in [0.2, 0.25) is 0 Å². The Bertz CT molecular complexity index is 681. The molecule has 3 N–H and O–H groups in total. The number of aromatic nitrogens is 2. The van der Waals surface area contributed by atoms with Gasteiger partial charge in [-0.2, -0.15) is 4.98 Å². The standard InChI is InChI=1S/C14H16N4O2/c1-20-12-5-3-2-4-11(12)16-13-9-8-15-7-6-10(9)17-14(19)18-13/h2-5,15H,6-8H2,1H3,(H2,16,17,18,19). The molecule has 0 spiro atoms. The van der Waals surface area contributed by atoms with Gasteiger partial charge in [0.15, 0.2) is 0 Å². The number of H-pyrrole nitrogens is 1. The summed E-state index contributed by atoms with van der Waals surface area (Å²) in [6.07, 6.45) is 0.799. The number of aromatic amines is 1. The minimum absolute atomic E-state index is 0.331. The van der Waals surface area contributed by atoms with Crippen LogP contribution in [0.5, 0.6) is 5.75 Å². The lowest BCUT2D eigenvalue weighted by atomic mass is 10.1. The van der Waals surface area contributed by atoms with Gasteiger partial charge in [0.25, 0.3) is 0 Å². The van der Waals surface area contributed by atoms with E-state index < -0.39 is 0 Å². The second-order valence-electron chi connectivity index (χ2n) is 4.60. The lowest BCUT2D eigenvalue weighted by molar-refractivity contribution is 0.417. The number of benzene rings is 1. The number of ether oxygens (including phenoxy) is 1. The fourth-order valence-corrected chi connectivity index (χ4v) is 2.35. The predicted octanol–water partition coefficient (Wildman–Crippen LogP) is 1.17. The number of hydrogen-bond donors (Lipinski definition) is 3. The molecule has 1 aromatic heterocycles. The molecule has 1 aliphatic heterocycles. The lowest BCUT2D eigenvalue weighted by Crippen LogP contribution is -2.29. The van der Waals surface area contributed by atoms with Gasteiger partial charge in [0.1, 0.15) is 11.6 Å². The number of fused-ring (bicyclic) bond motifs is 1. The Kier molecular flexibility index (Phi) is 3.39. The summed E-state index contributed by atoms with van der Waals surface area (Å²) in [4.78, 5) is 18.5. The Morgan fingerprint density at radius 1 is 1.35 bits per heavy atom. The average Bonchev–Trinajstić information content (AvgIpc) is 2.47. The maximum absolute atomic E-state index is 11.6. The summed E-state index contributed by atoms with van der Waals surface area (Å²) in [6.45, 7) is 1.55. The fourth-order valence-electron chi connectivity index (χ4n) is 2.35. The van der Waals surface area contributed by atoms with Gasteiger partial charge in [-0.3, -0.25) is 0 Å². The van der Waals surface area contributed by atoms with E-state index in [2.05, 4.69) is 20.6 Å². The summed E-state index contributed by atoms with van der Waals surface area (Å²) < 4.78 is 5.30. The number of para-hydroxylation sites is 2. The molecule has 0 amide bonds. The van der Waals surface area contributed by atoms with Crippen molar-refractivity contribution in [2.75, 3.05) is 19.0 Å². The molecular formula is C14H16N4O2. The Labute approximate surface area is 116 Å². The highest BCUT2D eigenvalue weighted by Crippen LogP contribution is 2.28.